The van der Waals surface area contributed by atoms with E-state index in [0.29, 0.717) is 39.3 Å². The predicted molar refractivity (Wildman–Crippen MR) is 63.1 cm³/mol. The van der Waals surface area contributed by atoms with Crippen molar-refractivity contribution in [3.63, 3.8) is 0 Å². The number of hydrogen-bond acceptors (Lipinski definition) is 4. The molecule has 0 fully saturated rings. The van der Waals surface area contributed by atoms with E-state index < -0.39 is 0 Å². The van der Waals surface area contributed by atoms with Gasteiger partial charge in [0.15, 0.2) is 0 Å². The molecule has 0 aromatic rings. The van der Waals surface area contributed by atoms with Crippen molar-refractivity contribution in [3.05, 3.63) is 0 Å². The van der Waals surface area contributed by atoms with Crippen molar-refractivity contribution in [2.45, 2.75) is 34.1 Å². The average molecular weight is 224 g/mol. The van der Waals surface area contributed by atoms with Crippen molar-refractivity contribution in [1.82, 2.24) is 0 Å². The Bertz CT molecular complexity index is 78.7. The summed E-state index contributed by atoms with van der Waals surface area (Å²) in [5.74, 6) is 0. The van der Waals surface area contributed by atoms with E-state index in [2.05, 4.69) is 0 Å². The molecule has 0 aliphatic heterocycles. The van der Waals surface area contributed by atoms with Crippen molar-refractivity contribution in [2.24, 2.45) is 0 Å². The summed E-state index contributed by atoms with van der Waals surface area (Å²) in [4.78, 5) is 0. The molecule has 0 rings (SSSR count). The summed E-state index contributed by atoms with van der Waals surface area (Å²) in [6.45, 7) is 2.97. The van der Waals surface area contributed by atoms with Crippen LogP contribution in [0.4, 0.5) is 0 Å². The first kappa shape index (κ1) is 20.3. The Labute approximate surface area is 94.2 Å². The Morgan fingerprint density at radius 3 is 1.27 bits per heavy atom. The third-order valence-corrected chi connectivity index (χ3v) is 1.47. The van der Waals surface area contributed by atoms with Crippen LogP contribution in [0, 0.1) is 0 Å². The fourth-order valence-corrected chi connectivity index (χ4v) is 0.800. The number of aliphatic hydroxyl groups is 2. The van der Waals surface area contributed by atoms with Gasteiger partial charge in [-0.1, -0.05) is 14.9 Å². The molecule has 0 aliphatic rings. The summed E-state index contributed by atoms with van der Waals surface area (Å²) in [5.41, 5.74) is 0. The number of hydrogen-bond donors (Lipinski definition) is 2. The summed E-state index contributed by atoms with van der Waals surface area (Å²) in [5, 5.41) is 16.9. The molecule has 0 bridgehead atoms. The van der Waals surface area contributed by atoms with Gasteiger partial charge in [0, 0.05) is 39.6 Å². The van der Waals surface area contributed by atoms with E-state index in [4.69, 9.17) is 19.7 Å². The van der Waals surface area contributed by atoms with E-state index in [1.54, 1.807) is 0 Å². The lowest BCUT2D eigenvalue weighted by molar-refractivity contribution is 0.0710. The molecule has 0 unspecified atom stereocenters. The second kappa shape index (κ2) is 19.4. The molecule has 0 aliphatic carbocycles. The first-order valence-electron chi connectivity index (χ1n) is 4.79. The van der Waals surface area contributed by atoms with Crippen LogP contribution in [0.25, 0.3) is 0 Å². The molecule has 2 N–H and O–H groups in total. The van der Waals surface area contributed by atoms with Gasteiger partial charge in [0.25, 0.3) is 0 Å². The summed E-state index contributed by atoms with van der Waals surface area (Å²) in [6, 6.07) is 0. The molecular formula is C11H28O4. The lowest BCUT2D eigenvalue weighted by Gasteiger charge is -2.03. The summed E-state index contributed by atoms with van der Waals surface area (Å²) in [7, 11) is 0. The van der Waals surface area contributed by atoms with Gasteiger partial charge in [-0.25, -0.2) is 0 Å². The Kier molecular flexibility index (Phi) is 26.2. The van der Waals surface area contributed by atoms with Crippen molar-refractivity contribution < 1.29 is 19.7 Å². The lowest BCUT2D eigenvalue weighted by Crippen LogP contribution is -2.04. The minimum absolute atomic E-state index is 0. The SMILES string of the molecule is C.C.OCCCOCCCOCCCO. The number of rotatable bonds is 10. The van der Waals surface area contributed by atoms with Crippen LogP contribution in [0.1, 0.15) is 34.1 Å². The molecule has 0 atom stereocenters. The van der Waals surface area contributed by atoms with Crippen LogP contribution in [0.2, 0.25) is 0 Å². The molecule has 4 nitrogen and oxygen atoms in total. The van der Waals surface area contributed by atoms with Crippen molar-refractivity contribution in [3.8, 4) is 0 Å². The maximum atomic E-state index is 8.44. The molecule has 4 heteroatoms. The molecule has 0 aromatic heterocycles. The predicted octanol–water partition coefficient (Wildman–Crippen LogP) is 1.45. The Morgan fingerprint density at radius 2 is 0.933 bits per heavy atom. The Morgan fingerprint density at radius 1 is 0.600 bits per heavy atom. The van der Waals surface area contributed by atoms with Gasteiger partial charge < -0.3 is 19.7 Å². The first-order chi connectivity index (χ1) is 6.41. The standard InChI is InChI=1S/C9H20O4.2CH4/c10-4-1-6-12-8-3-9-13-7-2-5-11;;/h10-11H,1-9H2;2*1H4. The van der Waals surface area contributed by atoms with Crippen LogP contribution in [0.3, 0.4) is 0 Å². The van der Waals surface area contributed by atoms with Gasteiger partial charge in [-0.2, -0.15) is 0 Å². The summed E-state index contributed by atoms with van der Waals surface area (Å²) < 4.78 is 10.4. The van der Waals surface area contributed by atoms with Crippen molar-refractivity contribution in [1.29, 1.82) is 0 Å². The van der Waals surface area contributed by atoms with Gasteiger partial charge in [-0.15, -0.1) is 0 Å². The van der Waals surface area contributed by atoms with E-state index in [-0.39, 0.29) is 28.1 Å². The molecule has 0 aromatic carbocycles. The van der Waals surface area contributed by atoms with Crippen molar-refractivity contribution in [2.75, 3.05) is 39.6 Å². The van der Waals surface area contributed by atoms with Gasteiger partial charge in [0.2, 0.25) is 0 Å². The van der Waals surface area contributed by atoms with Gasteiger partial charge in [0.05, 0.1) is 0 Å². The van der Waals surface area contributed by atoms with Gasteiger partial charge in [-0.3, -0.25) is 0 Å². The summed E-state index contributed by atoms with van der Waals surface area (Å²) >= 11 is 0. The largest absolute Gasteiger partial charge is 0.396 e. The van der Waals surface area contributed by atoms with Crippen LogP contribution in [0.5, 0.6) is 0 Å². The summed E-state index contributed by atoms with van der Waals surface area (Å²) in [6.07, 6.45) is 2.27. The highest BCUT2D eigenvalue weighted by atomic mass is 16.5. The molecule has 0 radical (unpaired) electrons. The minimum Gasteiger partial charge on any atom is -0.396 e. The molecule has 15 heavy (non-hydrogen) atoms. The van der Waals surface area contributed by atoms with E-state index >= 15 is 0 Å². The van der Waals surface area contributed by atoms with Gasteiger partial charge in [-0.05, 0) is 19.3 Å². The Balaban J connectivity index is -0.000000720. The lowest BCUT2D eigenvalue weighted by atomic mass is 10.4. The minimum atomic E-state index is 0. The average Bonchev–Trinajstić information content (AvgIpc) is 2.16. The van der Waals surface area contributed by atoms with E-state index in [0.717, 1.165) is 6.42 Å². The fraction of sp³-hybridized carbons (Fsp3) is 1.00. The zero-order chi connectivity index (χ0) is 9.78. The first-order valence-corrected chi connectivity index (χ1v) is 4.79. The quantitative estimate of drug-likeness (QED) is 0.551. The second-order valence-corrected chi connectivity index (χ2v) is 2.73. The smallest absolute Gasteiger partial charge is 0.0488 e. The number of aliphatic hydroxyl groups excluding tert-OH is 2. The van der Waals surface area contributed by atoms with Crippen LogP contribution in [0.15, 0.2) is 0 Å². The molecule has 96 valence electrons. The van der Waals surface area contributed by atoms with Gasteiger partial charge >= 0.3 is 0 Å². The van der Waals surface area contributed by atoms with Crippen LogP contribution < -0.4 is 0 Å². The monoisotopic (exact) mass is 224 g/mol. The van der Waals surface area contributed by atoms with E-state index in [1.165, 1.54) is 0 Å². The molecule has 0 spiro atoms. The molecular weight excluding hydrogens is 196 g/mol. The Hall–Kier alpha value is -0.160. The van der Waals surface area contributed by atoms with Gasteiger partial charge in [0.1, 0.15) is 0 Å². The third-order valence-electron chi connectivity index (χ3n) is 1.47. The fourth-order valence-electron chi connectivity index (χ4n) is 0.800. The molecule has 0 saturated carbocycles. The van der Waals surface area contributed by atoms with Crippen molar-refractivity contribution >= 4 is 0 Å². The van der Waals surface area contributed by atoms with Crippen LogP contribution in [-0.2, 0) is 9.47 Å². The van der Waals surface area contributed by atoms with Crippen LogP contribution in [-0.4, -0.2) is 49.9 Å². The highest BCUT2D eigenvalue weighted by Gasteiger charge is 1.90. The zero-order valence-electron chi connectivity index (χ0n) is 8.07. The molecule has 0 heterocycles. The maximum Gasteiger partial charge on any atom is 0.0488 e. The highest BCUT2D eigenvalue weighted by molar-refractivity contribution is 4.37. The topological polar surface area (TPSA) is 58.9 Å². The highest BCUT2D eigenvalue weighted by Crippen LogP contribution is 1.88. The maximum absolute atomic E-state index is 8.44. The zero-order valence-corrected chi connectivity index (χ0v) is 8.07. The second-order valence-electron chi connectivity index (χ2n) is 2.73. The third kappa shape index (κ3) is 20.0. The normalized spacial score (nSPS) is 9.20. The number of ether oxygens (including phenoxy) is 2. The molecule has 0 amide bonds. The van der Waals surface area contributed by atoms with E-state index in [1.807, 2.05) is 0 Å². The van der Waals surface area contributed by atoms with E-state index in [9.17, 15) is 0 Å². The van der Waals surface area contributed by atoms with Crippen LogP contribution >= 0.6 is 0 Å². The molecule has 0 saturated heterocycles.